The van der Waals surface area contributed by atoms with Crippen molar-refractivity contribution in [1.82, 2.24) is 20.1 Å². The van der Waals surface area contributed by atoms with E-state index < -0.39 is 5.54 Å². The largest absolute Gasteiger partial charge is 0.382 e. The van der Waals surface area contributed by atoms with Gasteiger partial charge in [-0.25, -0.2) is 0 Å². The molecule has 2 rings (SSSR count). The molecule has 18 heavy (non-hydrogen) atoms. The molecule has 1 unspecified atom stereocenters. The molecule has 100 valence electrons. The van der Waals surface area contributed by atoms with Crippen molar-refractivity contribution in [3.8, 4) is 0 Å². The second kappa shape index (κ2) is 5.03. The summed E-state index contributed by atoms with van der Waals surface area (Å²) in [6.07, 6.45) is 1.73. The summed E-state index contributed by atoms with van der Waals surface area (Å²) in [5.74, 6) is 1.10. The number of amides is 1. The van der Waals surface area contributed by atoms with Crippen LogP contribution in [0.5, 0.6) is 0 Å². The average molecular weight is 253 g/mol. The van der Waals surface area contributed by atoms with Gasteiger partial charge in [0.05, 0.1) is 6.61 Å². The summed E-state index contributed by atoms with van der Waals surface area (Å²) in [5.41, 5.74) is -0.644. The van der Waals surface area contributed by atoms with Crippen molar-refractivity contribution in [3.05, 3.63) is 5.82 Å². The van der Waals surface area contributed by atoms with Gasteiger partial charge in [-0.2, -0.15) is 0 Å². The van der Waals surface area contributed by atoms with Crippen LogP contribution in [-0.4, -0.2) is 46.5 Å². The van der Waals surface area contributed by atoms with E-state index in [0.29, 0.717) is 12.6 Å². The zero-order valence-corrected chi connectivity index (χ0v) is 11.0. The first-order valence-electron chi connectivity index (χ1n) is 6.00. The molecule has 0 spiro atoms. The van der Waals surface area contributed by atoms with Gasteiger partial charge in [-0.05, 0) is 26.3 Å². The van der Waals surface area contributed by atoms with Crippen LogP contribution in [0, 0.1) is 6.92 Å². The summed E-state index contributed by atoms with van der Waals surface area (Å²) in [6, 6.07) is 0. The lowest BCUT2D eigenvalue weighted by Gasteiger charge is -2.26. The van der Waals surface area contributed by atoms with Crippen LogP contribution >= 0.6 is 0 Å². The Bertz CT molecular complexity index is 437. The lowest BCUT2D eigenvalue weighted by Crippen LogP contribution is -2.54. The maximum Gasteiger partial charge on any atom is 0.249 e. The average Bonchev–Trinajstić information content (AvgIpc) is 2.93. The van der Waals surface area contributed by atoms with Crippen molar-refractivity contribution < 1.29 is 9.53 Å². The number of carbonyl (C=O) groups is 1. The van der Waals surface area contributed by atoms with Crippen LogP contribution < -0.4 is 10.6 Å². The minimum absolute atomic E-state index is 0.114. The third-order valence-electron chi connectivity index (χ3n) is 3.39. The molecular weight excluding hydrogens is 234 g/mol. The lowest BCUT2D eigenvalue weighted by molar-refractivity contribution is -0.124. The van der Waals surface area contributed by atoms with Crippen LogP contribution in [0.4, 0.5) is 5.95 Å². The third-order valence-corrected chi connectivity index (χ3v) is 3.39. The Labute approximate surface area is 106 Å². The van der Waals surface area contributed by atoms with Gasteiger partial charge in [-0.15, -0.1) is 10.2 Å². The molecule has 1 saturated heterocycles. The Morgan fingerprint density at radius 2 is 2.39 bits per heavy atom. The van der Waals surface area contributed by atoms with Gasteiger partial charge < -0.3 is 14.6 Å². The maximum absolute atomic E-state index is 12.4. The number of nitrogens with one attached hydrogen (secondary N) is 2. The molecular formula is C11H19N5O2. The first kappa shape index (κ1) is 13.0. The van der Waals surface area contributed by atoms with Crippen LogP contribution in [0.2, 0.25) is 0 Å². The Balaban J connectivity index is 2.13. The van der Waals surface area contributed by atoms with Gasteiger partial charge in [0.2, 0.25) is 11.9 Å². The summed E-state index contributed by atoms with van der Waals surface area (Å²) < 4.78 is 6.90. The maximum atomic E-state index is 12.4. The highest BCUT2D eigenvalue weighted by Crippen LogP contribution is 2.21. The molecule has 1 fully saturated rings. The molecule has 2 heterocycles. The molecule has 1 aromatic rings. The number of anilines is 1. The Kier molecular flexibility index (Phi) is 3.63. The molecule has 0 aliphatic carbocycles. The van der Waals surface area contributed by atoms with Crippen LogP contribution in [-0.2, 0) is 16.6 Å². The van der Waals surface area contributed by atoms with E-state index in [1.165, 1.54) is 0 Å². The topological polar surface area (TPSA) is 81.1 Å². The van der Waals surface area contributed by atoms with Crippen molar-refractivity contribution in [2.75, 3.05) is 25.6 Å². The van der Waals surface area contributed by atoms with E-state index in [0.717, 1.165) is 25.2 Å². The number of aryl methyl sites for hydroxylation is 1. The number of aromatic nitrogens is 3. The molecule has 1 aromatic heterocycles. The van der Waals surface area contributed by atoms with E-state index in [1.807, 2.05) is 14.0 Å². The van der Waals surface area contributed by atoms with Crippen LogP contribution in [0.25, 0.3) is 0 Å². The van der Waals surface area contributed by atoms with E-state index in [1.54, 1.807) is 11.7 Å². The summed E-state index contributed by atoms with van der Waals surface area (Å²) in [6.45, 7) is 3.02. The summed E-state index contributed by atoms with van der Waals surface area (Å²) in [7, 11) is 3.41. The first-order valence-corrected chi connectivity index (χ1v) is 6.00. The predicted molar refractivity (Wildman–Crippen MR) is 66.2 cm³/mol. The second-order valence-corrected chi connectivity index (χ2v) is 4.63. The highest BCUT2D eigenvalue weighted by Gasteiger charge is 2.41. The predicted octanol–water partition coefficient (Wildman–Crippen LogP) is -0.169. The van der Waals surface area contributed by atoms with Crippen molar-refractivity contribution >= 4 is 11.9 Å². The van der Waals surface area contributed by atoms with Gasteiger partial charge in [0, 0.05) is 14.2 Å². The van der Waals surface area contributed by atoms with Gasteiger partial charge in [0.1, 0.15) is 11.4 Å². The summed E-state index contributed by atoms with van der Waals surface area (Å²) in [5, 5.41) is 13.9. The number of carbonyl (C=O) groups excluding carboxylic acids is 1. The van der Waals surface area contributed by atoms with Crippen LogP contribution in [0.15, 0.2) is 0 Å². The fourth-order valence-electron chi connectivity index (χ4n) is 2.17. The quantitative estimate of drug-likeness (QED) is 0.778. The van der Waals surface area contributed by atoms with E-state index in [4.69, 9.17) is 4.74 Å². The van der Waals surface area contributed by atoms with E-state index in [-0.39, 0.29) is 5.91 Å². The molecule has 1 aliphatic rings. The number of methoxy groups -OCH3 is 1. The SMILES string of the molecule is COCC1(C(=O)Nc2nnc(C)n2C)CCCN1. The Hall–Kier alpha value is -1.47. The van der Waals surface area contributed by atoms with Crippen LogP contribution in [0.1, 0.15) is 18.7 Å². The fraction of sp³-hybridized carbons (Fsp3) is 0.727. The van der Waals surface area contributed by atoms with E-state index in [9.17, 15) is 4.79 Å². The molecule has 7 heteroatoms. The molecule has 7 nitrogen and oxygen atoms in total. The smallest absolute Gasteiger partial charge is 0.249 e. The molecule has 0 aromatic carbocycles. The second-order valence-electron chi connectivity index (χ2n) is 4.63. The van der Waals surface area contributed by atoms with Gasteiger partial charge >= 0.3 is 0 Å². The lowest BCUT2D eigenvalue weighted by atomic mass is 9.97. The Morgan fingerprint density at radius 1 is 1.61 bits per heavy atom. The molecule has 0 saturated carbocycles. The van der Waals surface area contributed by atoms with Crippen molar-refractivity contribution in [2.45, 2.75) is 25.3 Å². The summed E-state index contributed by atoms with van der Waals surface area (Å²) >= 11 is 0. The number of hydrogen-bond acceptors (Lipinski definition) is 5. The minimum atomic E-state index is -0.644. The number of ether oxygens (including phenoxy) is 1. The highest BCUT2D eigenvalue weighted by atomic mass is 16.5. The van der Waals surface area contributed by atoms with Crippen LogP contribution in [0.3, 0.4) is 0 Å². The van der Waals surface area contributed by atoms with Gasteiger partial charge in [-0.3, -0.25) is 10.1 Å². The molecule has 1 atom stereocenters. The zero-order chi connectivity index (χ0) is 13.2. The normalized spacial score (nSPS) is 23.3. The number of nitrogens with zero attached hydrogens (tertiary/aromatic N) is 3. The van der Waals surface area contributed by atoms with Crippen molar-refractivity contribution in [1.29, 1.82) is 0 Å². The highest BCUT2D eigenvalue weighted by molar-refractivity contribution is 5.97. The van der Waals surface area contributed by atoms with Crippen molar-refractivity contribution in [3.63, 3.8) is 0 Å². The summed E-state index contributed by atoms with van der Waals surface area (Å²) in [4.78, 5) is 12.4. The van der Waals surface area contributed by atoms with E-state index >= 15 is 0 Å². The van der Waals surface area contributed by atoms with Gasteiger partial charge in [0.25, 0.3) is 0 Å². The Morgan fingerprint density at radius 3 is 2.89 bits per heavy atom. The van der Waals surface area contributed by atoms with Crippen molar-refractivity contribution in [2.24, 2.45) is 7.05 Å². The van der Waals surface area contributed by atoms with Gasteiger partial charge in [-0.1, -0.05) is 0 Å². The molecule has 0 bridgehead atoms. The van der Waals surface area contributed by atoms with E-state index in [2.05, 4.69) is 20.8 Å². The molecule has 1 aliphatic heterocycles. The standard InChI is InChI=1S/C11H19N5O2/c1-8-14-15-10(16(8)2)13-9(17)11(7-18-3)5-4-6-12-11/h12H,4-7H2,1-3H3,(H,13,15,17). The number of rotatable bonds is 4. The molecule has 2 N–H and O–H groups in total. The molecule has 0 radical (unpaired) electrons. The third kappa shape index (κ3) is 2.23. The minimum Gasteiger partial charge on any atom is -0.382 e. The molecule has 1 amide bonds. The number of hydrogen-bond donors (Lipinski definition) is 2. The van der Waals surface area contributed by atoms with Gasteiger partial charge in [0.15, 0.2) is 0 Å². The zero-order valence-electron chi connectivity index (χ0n) is 11.0. The fourth-order valence-corrected chi connectivity index (χ4v) is 2.17. The monoisotopic (exact) mass is 253 g/mol. The first-order chi connectivity index (χ1) is 8.59.